The van der Waals surface area contributed by atoms with Gasteiger partial charge in [0.25, 0.3) is 0 Å². The lowest BCUT2D eigenvalue weighted by Gasteiger charge is -2.14. The van der Waals surface area contributed by atoms with E-state index in [9.17, 15) is 0 Å². The lowest BCUT2D eigenvalue weighted by Crippen LogP contribution is -2.01. The van der Waals surface area contributed by atoms with Gasteiger partial charge in [-0.05, 0) is 49.6 Å². The topological polar surface area (TPSA) is 24.4 Å². The third-order valence-electron chi connectivity index (χ3n) is 4.57. The molecule has 2 heteroatoms. The number of benzene rings is 2. The van der Waals surface area contributed by atoms with Crippen LogP contribution in [0.4, 0.5) is 5.69 Å². The average molecular weight is 302 g/mol. The number of hydrogen-bond acceptors (Lipinski definition) is 2. The molecule has 1 atom stereocenters. The van der Waals surface area contributed by atoms with Crippen molar-refractivity contribution in [2.24, 2.45) is 5.10 Å². The number of para-hydroxylation sites is 1. The summed E-state index contributed by atoms with van der Waals surface area (Å²) in [5.41, 5.74) is 10.7. The van der Waals surface area contributed by atoms with Crippen LogP contribution in [0.25, 0.3) is 0 Å². The van der Waals surface area contributed by atoms with E-state index in [2.05, 4.69) is 61.6 Å². The SMILES string of the molecule is CC1=CC(c2ccccc2C=NNc2ccccc2)C(C)=C1C. The molecular weight excluding hydrogens is 280 g/mol. The second-order valence-corrected chi connectivity index (χ2v) is 6.00. The summed E-state index contributed by atoms with van der Waals surface area (Å²) in [4.78, 5) is 0. The summed E-state index contributed by atoms with van der Waals surface area (Å²) in [5.74, 6) is 0.356. The summed E-state index contributed by atoms with van der Waals surface area (Å²) in [6.45, 7) is 6.62. The van der Waals surface area contributed by atoms with Crippen LogP contribution >= 0.6 is 0 Å². The van der Waals surface area contributed by atoms with Crippen molar-refractivity contribution < 1.29 is 0 Å². The van der Waals surface area contributed by atoms with Gasteiger partial charge in [-0.3, -0.25) is 5.43 Å². The predicted molar refractivity (Wildman–Crippen MR) is 99.0 cm³/mol. The van der Waals surface area contributed by atoms with Crippen LogP contribution in [0, 0.1) is 0 Å². The van der Waals surface area contributed by atoms with E-state index in [1.807, 2.05) is 36.5 Å². The van der Waals surface area contributed by atoms with Crippen LogP contribution in [-0.2, 0) is 0 Å². The molecule has 0 aromatic heterocycles. The molecule has 2 nitrogen and oxygen atoms in total. The summed E-state index contributed by atoms with van der Waals surface area (Å²) < 4.78 is 0. The second-order valence-electron chi connectivity index (χ2n) is 6.00. The molecule has 116 valence electrons. The van der Waals surface area contributed by atoms with Gasteiger partial charge in [0.2, 0.25) is 0 Å². The first-order valence-corrected chi connectivity index (χ1v) is 7.96. The molecule has 0 spiro atoms. The number of anilines is 1. The molecule has 0 fully saturated rings. The Bertz CT molecular complexity index is 782. The molecule has 0 amide bonds. The molecule has 1 aliphatic rings. The maximum Gasteiger partial charge on any atom is 0.0561 e. The molecule has 1 aliphatic carbocycles. The van der Waals surface area contributed by atoms with E-state index in [1.165, 1.54) is 22.3 Å². The summed E-state index contributed by atoms with van der Waals surface area (Å²) in [6.07, 6.45) is 4.26. The maximum absolute atomic E-state index is 4.40. The summed E-state index contributed by atoms with van der Waals surface area (Å²) in [5, 5.41) is 4.40. The third-order valence-corrected chi connectivity index (χ3v) is 4.57. The molecule has 0 saturated heterocycles. The molecule has 0 aliphatic heterocycles. The highest BCUT2D eigenvalue weighted by atomic mass is 15.3. The number of nitrogens with one attached hydrogen (secondary N) is 1. The number of allylic oxidation sites excluding steroid dienone is 4. The number of nitrogens with zero attached hydrogens (tertiary/aromatic N) is 1. The Morgan fingerprint density at radius 3 is 2.30 bits per heavy atom. The van der Waals surface area contributed by atoms with Crippen LogP contribution in [0.5, 0.6) is 0 Å². The second kappa shape index (κ2) is 6.66. The molecule has 23 heavy (non-hydrogen) atoms. The summed E-state index contributed by atoms with van der Waals surface area (Å²) >= 11 is 0. The Labute approximate surface area is 138 Å². The van der Waals surface area contributed by atoms with Crippen molar-refractivity contribution in [2.75, 3.05) is 5.43 Å². The van der Waals surface area contributed by atoms with E-state index in [-0.39, 0.29) is 0 Å². The van der Waals surface area contributed by atoms with Crippen LogP contribution in [0.15, 0.2) is 82.5 Å². The fourth-order valence-corrected chi connectivity index (χ4v) is 2.97. The van der Waals surface area contributed by atoms with Crippen molar-refractivity contribution in [3.05, 3.63) is 88.5 Å². The first kappa shape index (κ1) is 15.3. The molecule has 3 rings (SSSR count). The van der Waals surface area contributed by atoms with Crippen molar-refractivity contribution in [3.63, 3.8) is 0 Å². The van der Waals surface area contributed by atoms with Crippen molar-refractivity contribution in [3.8, 4) is 0 Å². The number of hydrogen-bond donors (Lipinski definition) is 1. The lowest BCUT2D eigenvalue weighted by molar-refractivity contribution is 0.999. The minimum absolute atomic E-state index is 0.356. The Morgan fingerprint density at radius 2 is 1.61 bits per heavy atom. The normalized spacial score (nSPS) is 17.7. The van der Waals surface area contributed by atoms with Crippen LogP contribution in [0.3, 0.4) is 0 Å². The van der Waals surface area contributed by atoms with Gasteiger partial charge in [-0.15, -0.1) is 0 Å². The Hall–Kier alpha value is -2.61. The average Bonchev–Trinajstić information content (AvgIpc) is 2.84. The van der Waals surface area contributed by atoms with Crippen LogP contribution in [0.1, 0.15) is 37.8 Å². The summed E-state index contributed by atoms with van der Waals surface area (Å²) in [7, 11) is 0. The van der Waals surface area contributed by atoms with E-state index >= 15 is 0 Å². The zero-order chi connectivity index (χ0) is 16.2. The van der Waals surface area contributed by atoms with Gasteiger partial charge >= 0.3 is 0 Å². The zero-order valence-electron chi connectivity index (χ0n) is 13.9. The standard InChI is InChI=1S/C21H22N2/c1-15-13-21(17(3)16(15)2)20-12-8-7-9-18(20)14-22-23-19-10-5-4-6-11-19/h4-14,21,23H,1-3H3. The van der Waals surface area contributed by atoms with E-state index in [4.69, 9.17) is 0 Å². The summed E-state index contributed by atoms with van der Waals surface area (Å²) in [6, 6.07) is 18.5. The van der Waals surface area contributed by atoms with Gasteiger partial charge in [0.05, 0.1) is 11.9 Å². The number of hydrazone groups is 1. The molecule has 0 heterocycles. The highest BCUT2D eigenvalue weighted by Crippen LogP contribution is 2.38. The van der Waals surface area contributed by atoms with E-state index in [0.29, 0.717) is 5.92 Å². The fraction of sp³-hybridized carbons (Fsp3) is 0.190. The lowest BCUT2D eigenvalue weighted by atomic mass is 9.90. The van der Waals surface area contributed by atoms with Crippen LogP contribution < -0.4 is 5.43 Å². The largest absolute Gasteiger partial charge is 0.279 e. The van der Waals surface area contributed by atoms with Gasteiger partial charge in [0.15, 0.2) is 0 Å². The molecule has 0 bridgehead atoms. The van der Waals surface area contributed by atoms with Crippen molar-refractivity contribution >= 4 is 11.9 Å². The van der Waals surface area contributed by atoms with E-state index in [0.717, 1.165) is 11.3 Å². The van der Waals surface area contributed by atoms with E-state index < -0.39 is 0 Å². The van der Waals surface area contributed by atoms with Crippen LogP contribution in [-0.4, -0.2) is 6.21 Å². The van der Waals surface area contributed by atoms with Crippen molar-refractivity contribution in [1.29, 1.82) is 0 Å². The third kappa shape index (κ3) is 3.26. The van der Waals surface area contributed by atoms with Gasteiger partial charge in [-0.25, -0.2) is 0 Å². The Morgan fingerprint density at radius 1 is 0.913 bits per heavy atom. The smallest absolute Gasteiger partial charge is 0.0561 e. The Balaban J connectivity index is 1.85. The molecule has 2 aromatic rings. The predicted octanol–water partition coefficient (Wildman–Crippen LogP) is 5.51. The Kier molecular flexibility index (Phi) is 4.42. The first-order chi connectivity index (χ1) is 11.2. The molecule has 0 radical (unpaired) electrons. The zero-order valence-corrected chi connectivity index (χ0v) is 13.9. The highest BCUT2D eigenvalue weighted by Gasteiger charge is 2.21. The minimum Gasteiger partial charge on any atom is -0.279 e. The quantitative estimate of drug-likeness (QED) is 0.584. The molecular formula is C21H22N2. The first-order valence-electron chi connectivity index (χ1n) is 7.96. The molecule has 2 aromatic carbocycles. The van der Waals surface area contributed by atoms with Crippen LogP contribution in [0.2, 0.25) is 0 Å². The van der Waals surface area contributed by atoms with Crippen molar-refractivity contribution in [2.45, 2.75) is 26.7 Å². The van der Waals surface area contributed by atoms with Gasteiger partial charge in [0, 0.05) is 5.92 Å². The minimum atomic E-state index is 0.356. The fourth-order valence-electron chi connectivity index (χ4n) is 2.97. The molecule has 0 saturated carbocycles. The molecule has 1 unspecified atom stereocenters. The monoisotopic (exact) mass is 302 g/mol. The van der Waals surface area contributed by atoms with Gasteiger partial charge in [0.1, 0.15) is 0 Å². The maximum atomic E-state index is 4.40. The van der Waals surface area contributed by atoms with Crippen molar-refractivity contribution in [1.82, 2.24) is 0 Å². The van der Waals surface area contributed by atoms with Gasteiger partial charge in [-0.1, -0.05) is 59.7 Å². The van der Waals surface area contributed by atoms with E-state index in [1.54, 1.807) is 0 Å². The number of rotatable bonds is 4. The van der Waals surface area contributed by atoms with Gasteiger partial charge < -0.3 is 0 Å². The highest BCUT2D eigenvalue weighted by molar-refractivity contribution is 5.83. The van der Waals surface area contributed by atoms with Gasteiger partial charge in [-0.2, -0.15) is 5.10 Å². The molecule has 1 N–H and O–H groups in total.